The summed E-state index contributed by atoms with van der Waals surface area (Å²) in [4.78, 5) is 26.8. The van der Waals surface area contributed by atoms with Crippen LogP contribution in [0.25, 0.3) is 0 Å². The Labute approximate surface area is 126 Å². The molecular formula is C17H24N2O2. The zero-order chi connectivity index (χ0) is 15.6. The van der Waals surface area contributed by atoms with Gasteiger partial charge in [0.25, 0.3) is 0 Å². The molecule has 1 fully saturated rings. The van der Waals surface area contributed by atoms with E-state index in [9.17, 15) is 9.59 Å². The number of nitrogens with zero attached hydrogens (tertiary/aromatic N) is 1. The van der Waals surface area contributed by atoms with Crippen molar-refractivity contribution in [2.45, 2.75) is 58.7 Å². The third-order valence-electron chi connectivity index (χ3n) is 4.52. The summed E-state index contributed by atoms with van der Waals surface area (Å²) >= 11 is 0. The second-order valence-corrected chi connectivity index (χ2v) is 5.88. The monoisotopic (exact) mass is 288 g/mol. The molecule has 1 aromatic rings. The van der Waals surface area contributed by atoms with E-state index < -0.39 is 11.6 Å². The van der Waals surface area contributed by atoms with Crippen molar-refractivity contribution in [1.82, 2.24) is 10.2 Å². The SMILES string of the molecule is CCC1(CC)NC(=O)C(C)N(Cc2cccc(C)c2)C1=O. The predicted octanol–water partition coefficient (Wildman–Crippen LogP) is 2.40. The highest BCUT2D eigenvalue weighted by atomic mass is 16.2. The summed E-state index contributed by atoms with van der Waals surface area (Å²) in [5, 5.41) is 2.93. The highest BCUT2D eigenvalue weighted by Gasteiger charge is 2.47. The number of nitrogens with one attached hydrogen (secondary N) is 1. The maximum atomic E-state index is 12.9. The fraction of sp³-hybridized carbons (Fsp3) is 0.529. The van der Waals surface area contributed by atoms with Crippen molar-refractivity contribution in [3.63, 3.8) is 0 Å². The van der Waals surface area contributed by atoms with Gasteiger partial charge < -0.3 is 10.2 Å². The van der Waals surface area contributed by atoms with Crippen molar-refractivity contribution < 1.29 is 9.59 Å². The number of benzene rings is 1. The first-order valence-electron chi connectivity index (χ1n) is 7.62. The van der Waals surface area contributed by atoms with E-state index in [2.05, 4.69) is 11.4 Å². The first kappa shape index (κ1) is 15.5. The molecule has 114 valence electrons. The van der Waals surface area contributed by atoms with Gasteiger partial charge in [0.2, 0.25) is 11.8 Å². The highest BCUT2D eigenvalue weighted by Crippen LogP contribution is 2.26. The molecule has 1 aliphatic rings. The maximum absolute atomic E-state index is 12.9. The lowest BCUT2D eigenvalue weighted by Gasteiger charge is -2.44. The van der Waals surface area contributed by atoms with E-state index in [4.69, 9.17) is 0 Å². The largest absolute Gasteiger partial charge is 0.340 e. The Balaban J connectivity index is 2.31. The first-order chi connectivity index (χ1) is 9.93. The number of carbonyl (C=O) groups is 2. The number of carbonyl (C=O) groups excluding carboxylic acids is 2. The lowest BCUT2D eigenvalue weighted by atomic mass is 9.87. The highest BCUT2D eigenvalue weighted by molar-refractivity contribution is 5.99. The fourth-order valence-electron chi connectivity index (χ4n) is 2.93. The molecule has 1 N–H and O–H groups in total. The summed E-state index contributed by atoms with van der Waals surface area (Å²) in [5.41, 5.74) is 1.48. The van der Waals surface area contributed by atoms with Crippen LogP contribution < -0.4 is 5.32 Å². The van der Waals surface area contributed by atoms with E-state index in [1.807, 2.05) is 39.0 Å². The number of amides is 2. The summed E-state index contributed by atoms with van der Waals surface area (Å²) in [6, 6.07) is 7.64. The van der Waals surface area contributed by atoms with Crippen LogP contribution in [0.2, 0.25) is 0 Å². The average Bonchev–Trinajstić information content (AvgIpc) is 2.48. The third kappa shape index (κ3) is 2.80. The lowest BCUT2D eigenvalue weighted by Crippen LogP contribution is -2.69. The van der Waals surface area contributed by atoms with Gasteiger partial charge in [-0.15, -0.1) is 0 Å². The molecule has 1 saturated heterocycles. The number of aryl methyl sites for hydroxylation is 1. The zero-order valence-corrected chi connectivity index (χ0v) is 13.3. The van der Waals surface area contributed by atoms with Crippen LogP contribution in [0.5, 0.6) is 0 Å². The van der Waals surface area contributed by atoms with Gasteiger partial charge in [0.05, 0.1) is 0 Å². The standard InChI is InChI=1S/C17H24N2O2/c1-5-17(6-2)16(21)19(13(4)15(20)18-17)11-14-9-7-8-12(3)10-14/h7-10,13H,5-6,11H2,1-4H3,(H,18,20). The second kappa shape index (κ2) is 5.88. The average molecular weight is 288 g/mol. The van der Waals surface area contributed by atoms with Crippen molar-refractivity contribution >= 4 is 11.8 Å². The number of rotatable bonds is 4. The van der Waals surface area contributed by atoms with Gasteiger partial charge >= 0.3 is 0 Å². The Morgan fingerprint density at radius 3 is 2.48 bits per heavy atom. The van der Waals surface area contributed by atoms with Crippen molar-refractivity contribution in [2.75, 3.05) is 0 Å². The topological polar surface area (TPSA) is 49.4 Å². The Hall–Kier alpha value is -1.84. The molecule has 0 bridgehead atoms. The van der Waals surface area contributed by atoms with Crippen LogP contribution in [0.3, 0.4) is 0 Å². The quantitative estimate of drug-likeness (QED) is 0.925. The minimum atomic E-state index is -0.743. The van der Waals surface area contributed by atoms with Gasteiger partial charge in [-0.3, -0.25) is 9.59 Å². The molecule has 0 aliphatic carbocycles. The summed E-state index contributed by atoms with van der Waals surface area (Å²) < 4.78 is 0. The molecule has 21 heavy (non-hydrogen) atoms. The van der Waals surface area contributed by atoms with Gasteiger partial charge in [0, 0.05) is 6.54 Å². The Morgan fingerprint density at radius 1 is 1.24 bits per heavy atom. The predicted molar refractivity (Wildman–Crippen MR) is 82.6 cm³/mol. The van der Waals surface area contributed by atoms with Crippen LogP contribution in [-0.4, -0.2) is 28.3 Å². The van der Waals surface area contributed by atoms with Crippen molar-refractivity contribution in [2.24, 2.45) is 0 Å². The van der Waals surface area contributed by atoms with Crippen molar-refractivity contribution in [3.05, 3.63) is 35.4 Å². The van der Waals surface area contributed by atoms with Crippen LogP contribution in [0.15, 0.2) is 24.3 Å². The molecule has 1 aliphatic heterocycles. The molecule has 0 aromatic heterocycles. The van der Waals surface area contributed by atoms with Crippen LogP contribution >= 0.6 is 0 Å². The summed E-state index contributed by atoms with van der Waals surface area (Å²) in [7, 11) is 0. The summed E-state index contributed by atoms with van der Waals surface area (Å²) in [5.74, 6) is -0.0351. The minimum Gasteiger partial charge on any atom is -0.340 e. The third-order valence-corrected chi connectivity index (χ3v) is 4.52. The number of hydrogen-bond donors (Lipinski definition) is 1. The van der Waals surface area contributed by atoms with Crippen molar-refractivity contribution in [3.8, 4) is 0 Å². The molecule has 0 saturated carbocycles. The Bertz CT molecular complexity index is 549. The molecule has 1 unspecified atom stereocenters. The lowest BCUT2D eigenvalue weighted by molar-refractivity contribution is -0.155. The van der Waals surface area contributed by atoms with E-state index in [1.165, 1.54) is 0 Å². The van der Waals surface area contributed by atoms with Crippen LogP contribution in [0.4, 0.5) is 0 Å². The van der Waals surface area contributed by atoms with Gasteiger partial charge in [-0.2, -0.15) is 0 Å². The summed E-state index contributed by atoms with van der Waals surface area (Å²) in [6.07, 6.45) is 1.23. The van der Waals surface area contributed by atoms with Gasteiger partial charge in [-0.05, 0) is 32.3 Å². The molecule has 2 rings (SSSR count). The fourth-order valence-corrected chi connectivity index (χ4v) is 2.93. The van der Waals surface area contributed by atoms with E-state index in [1.54, 1.807) is 11.8 Å². The minimum absolute atomic E-state index is 0.0288. The van der Waals surface area contributed by atoms with Crippen LogP contribution in [0, 0.1) is 6.92 Å². The van der Waals surface area contributed by atoms with E-state index in [-0.39, 0.29) is 11.8 Å². The molecule has 1 aromatic carbocycles. The molecular weight excluding hydrogens is 264 g/mol. The molecule has 1 heterocycles. The normalized spacial score (nSPS) is 21.3. The number of piperazine rings is 1. The van der Waals surface area contributed by atoms with Gasteiger partial charge in [-0.25, -0.2) is 0 Å². The molecule has 4 heteroatoms. The van der Waals surface area contributed by atoms with E-state index >= 15 is 0 Å². The first-order valence-corrected chi connectivity index (χ1v) is 7.62. The molecule has 4 nitrogen and oxygen atoms in total. The van der Waals surface area contributed by atoms with E-state index in [0.717, 1.165) is 11.1 Å². The Kier molecular flexibility index (Phi) is 4.35. The smallest absolute Gasteiger partial charge is 0.249 e. The molecule has 2 amide bonds. The van der Waals surface area contributed by atoms with Crippen LogP contribution in [0.1, 0.15) is 44.7 Å². The molecule has 1 atom stereocenters. The second-order valence-electron chi connectivity index (χ2n) is 5.88. The van der Waals surface area contributed by atoms with Gasteiger partial charge in [-0.1, -0.05) is 43.7 Å². The van der Waals surface area contributed by atoms with Crippen molar-refractivity contribution in [1.29, 1.82) is 0 Å². The van der Waals surface area contributed by atoms with Crippen LogP contribution in [-0.2, 0) is 16.1 Å². The van der Waals surface area contributed by atoms with E-state index in [0.29, 0.717) is 19.4 Å². The zero-order valence-electron chi connectivity index (χ0n) is 13.3. The maximum Gasteiger partial charge on any atom is 0.249 e. The van der Waals surface area contributed by atoms with Gasteiger partial charge in [0.1, 0.15) is 11.6 Å². The summed E-state index contributed by atoms with van der Waals surface area (Å²) in [6.45, 7) is 8.19. The van der Waals surface area contributed by atoms with Gasteiger partial charge in [0.15, 0.2) is 0 Å². The molecule has 0 radical (unpaired) electrons. The Morgan fingerprint density at radius 2 is 1.90 bits per heavy atom. The molecule has 0 spiro atoms. The number of hydrogen-bond acceptors (Lipinski definition) is 2.